The number of carbonyl (C=O) groups is 2. The summed E-state index contributed by atoms with van der Waals surface area (Å²) in [6.45, 7) is 12.1. The maximum Gasteiger partial charge on any atom is 0.251 e. The fraction of sp³-hybridized carbons (Fsp3) is 0.619. The van der Waals surface area contributed by atoms with Crippen LogP contribution in [-0.4, -0.2) is 35.8 Å². The van der Waals surface area contributed by atoms with E-state index in [0.29, 0.717) is 17.9 Å². The van der Waals surface area contributed by atoms with E-state index in [1.165, 1.54) is 5.56 Å². The monoisotopic (exact) mass is 344 g/mol. The fourth-order valence-electron chi connectivity index (χ4n) is 3.14. The molecule has 4 nitrogen and oxygen atoms in total. The largest absolute Gasteiger partial charge is 0.349 e. The van der Waals surface area contributed by atoms with Crippen molar-refractivity contribution >= 4 is 11.8 Å². The summed E-state index contributed by atoms with van der Waals surface area (Å²) in [5.74, 6) is 0.603. The van der Waals surface area contributed by atoms with Crippen LogP contribution in [0.1, 0.15) is 69.8 Å². The van der Waals surface area contributed by atoms with Crippen LogP contribution in [0.2, 0.25) is 0 Å². The summed E-state index contributed by atoms with van der Waals surface area (Å²) in [6, 6.07) is 8.01. The van der Waals surface area contributed by atoms with Gasteiger partial charge in [-0.05, 0) is 41.9 Å². The highest BCUT2D eigenvalue weighted by Gasteiger charge is 2.24. The van der Waals surface area contributed by atoms with Gasteiger partial charge in [0.25, 0.3) is 5.91 Å². The van der Waals surface area contributed by atoms with Crippen molar-refractivity contribution in [2.75, 3.05) is 13.1 Å². The van der Waals surface area contributed by atoms with Crippen LogP contribution in [0, 0.1) is 5.92 Å². The standard InChI is InChI=1S/C21H32N2O2/c1-15(2)14-19(24)23-12-10-18(11-13-23)22-20(25)16-6-8-17(9-7-16)21(3,4)5/h6-9,15,18H,10-14H2,1-5H3,(H,22,25). The van der Waals surface area contributed by atoms with Gasteiger partial charge in [0, 0.05) is 31.1 Å². The van der Waals surface area contributed by atoms with Gasteiger partial charge in [0.1, 0.15) is 0 Å². The summed E-state index contributed by atoms with van der Waals surface area (Å²) in [6.07, 6.45) is 2.27. The third-order valence-corrected chi connectivity index (χ3v) is 4.78. The number of carbonyl (C=O) groups excluding carboxylic acids is 2. The van der Waals surface area contributed by atoms with Crippen molar-refractivity contribution in [3.8, 4) is 0 Å². The second-order valence-electron chi connectivity index (χ2n) is 8.55. The number of piperidine rings is 1. The molecular weight excluding hydrogens is 312 g/mol. The molecule has 1 saturated heterocycles. The first-order valence-electron chi connectivity index (χ1n) is 9.36. The van der Waals surface area contributed by atoms with Crippen LogP contribution in [0.3, 0.4) is 0 Å². The van der Waals surface area contributed by atoms with Crippen molar-refractivity contribution in [3.63, 3.8) is 0 Å². The van der Waals surface area contributed by atoms with Crippen molar-refractivity contribution in [1.82, 2.24) is 10.2 Å². The van der Waals surface area contributed by atoms with Crippen LogP contribution in [0.4, 0.5) is 0 Å². The third-order valence-electron chi connectivity index (χ3n) is 4.78. The molecule has 1 N–H and O–H groups in total. The summed E-state index contributed by atoms with van der Waals surface area (Å²) < 4.78 is 0. The van der Waals surface area contributed by atoms with E-state index in [4.69, 9.17) is 0 Å². The van der Waals surface area contributed by atoms with Gasteiger partial charge in [0.05, 0.1) is 0 Å². The van der Waals surface area contributed by atoms with Crippen LogP contribution < -0.4 is 5.32 Å². The van der Waals surface area contributed by atoms with Crippen LogP contribution in [0.15, 0.2) is 24.3 Å². The smallest absolute Gasteiger partial charge is 0.251 e. The zero-order valence-electron chi connectivity index (χ0n) is 16.3. The number of hydrogen-bond acceptors (Lipinski definition) is 2. The SMILES string of the molecule is CC(C)CC(=O)N1CCC(NC(=O)c2ccc(C(C)(C)C)cc2)CC1. The average Bonchev–Trinajstić information content (AvgIpc) is 2.54. The van der Waals surface area contributed by atoms with Crippen LogP contribution in [-0.2, 0) is 10.2 Å². The molecular formula is C21H32N2O2. The van der Waals surface area contributed by atoms with Crippen molar-refractivity contribution in [2.24, 2.45) is 5.92 Å². The summed E-state index contributed by atoms with van der Waals surface area (Å²) in [5.41, 5.74) is 2.01. The highest BCUT2D eigenvalue weighted by atomic mass is 16.2. The Balaban J connectivity index is 1.85. The van der Waals surface area contributed by atoms with E-state index < -0.39 is 0 Å². The van der Waals surface area contributed by atoms with Crippen LogP contribution >= 0.6 is 0 Å². The Labute approximate surface area is 152 Å². The van der Waals surface area contributed by atoms with E-state index in [9.17, 15) is 9.59 Å². The molecule has 2 amide bonds. The van der Waals surface area contributed by atoms with Crippen molar-refractivity contribution in [1.29, 1.82) is 0 Å². The average molecular weight is 344 g/mol. The van der Waals surface area contributed by atoms with Gasteiger partial charge >= 0.3 is 0 Å². The van der Waals surface area contributed by atoms with Gasteiger partial charge in [-0.3, -0.25) is 9.59 Å². The topological polar surface area (TPSA) is 49.4 Å². The highest BCUT2D eigenvalue weighted by molar-refractivity contribution is 5.94. The van der Waals surface area contributed by atoms with Gasteiger partial charge < -0.3 is 10.2 Å². The molecule has 1 aromatic carbocycles. The molecule has 0 spiro atoms. The predicted molar refractivity (Wildman–Crippen MR) is 102 cm³/mol. The Morgan fingerprint density at radius 1 is 1.12 bits per heavy atom. The maximum atomic E-state index is 12.4. The maximum absolute atomic E-state index is 12.4. The molecule has 4 heteroatoms. The second kappa shape index (κ2) is 8.03. The van der Waals surface area contributed by atoms with Crippen LogP contribution in [0.5, 0.6) is 0 Å². The first-order chi connectivity index (χ1) is 11.7. The van der Waals surface area contributed by atoms with Crippen molar-refractivity contribution < 1.29 is 9.59 Å². The zero-order chi connectivity index (χ0) is 18.6. The molecule has 138 valence electrons. The van der Waals surface area contributed by atoms with Gasteiger partial charge in [-0.25, -0.2) is 0 Å². The van der Waals surface area contributed by atoms with E-state index in [2.05, 4.69) is 39.9 Å². The van der Waals surface area contributed by atoms with E-state index >= 15 is 0 Å². The molecule has 0 aliphatic carbocycles. The summed E-state index contributed by atoms with van der Waals surface area (Å²) in [4.78, 5) is 26.5. The first-order valence-corrected chi connectivity index (χ1v) is 9.36. The number of likely N-dealkylation sites (tertiary alicyclic amines) is 1. The number of nitrogens with zero attached hydrogens (tertiary/aromatic N) is 1. The zero-order valence-corrected chi connectivity index (χ0v) is 16.3. The quantitative estimate of drug-likeness (QED) is 0.904. The molecule has 1 aliphatic heterocycles. The molecule has 0 saturated carbocycles. The van der Waals surface area contributed by atoms with Crippen molar-refractivity contribution in [3.05, 3.63) is 35.4 Å². The van der Waals surface area contributed by atoms with E-state index in [-0.39, 0.29) is 23.3 Å². The Morgan fingerprint density at radius 2 is 1.68 bits per heavy atom. The number of rotatable bonds is 4. The Hall–Kier alpha value is -1.84. The van der Waals surface area contributed by atoms with E-state index in [1.807, 2.05) is 29.2 Å². The van der Waals surface area contributed by atoms with E-state index in [1.54, 1.807) is 0 Å². The van der Waals surface area contributed by atoms with Gasteiger partial charge in [-0.15, -0.1) is 0 Å². The molecule has 1 fully saturated rings. The minimum Gasteiger partial charge on any atom is -0.349 e. The summed E-state index contributed by atoms with van der Waals surface area (Å²) >= 11 is 0. The predicted octanol–water partition coefficient (Wildman–Crippen LogP) is 3.75. The van der Waals surface area contributed by atoms with Crippen molar-refractivity contribution in [2.45, 2.75) is 65.3 Å². The van der Waals surface area contributed by atoms with Gasteiger partial charge in [-0.2, -0.15) is 0 Å². The molecule has 0 radical (unpaired) electrons. The minimum atomic E-state index is -0.0209. The Kier molecular flexibility index (Phi) is 6.26. The highest BCUT2D eigenvalue weighted by Crippen LogP contribution is 2.22. The van der Waals surface area contributed by atoms with Gasteiger partial charge in [0.2, 0.25) is 5.91 Å². The molecule has 0 bridgehead atoms. The lowest BCUT2D eigenvalue weighted by Gasteiger charge is -2.33. The molecule has 1 aromatic rings. The van der Waals surface area contributed by atoms with Gasteiger partial charge in [-0.1, -0.05) is 46.8 Å². The minimum absolute atomic E-state index is 0.0209. The lowest BCUT2D eigenvalue weighted by Crippen LogP contribution is -2.46. The molecule has 0 aromatic heterocycles. The molecule has 2 rings (SSSR count). The number of amides is 2. The fourth-order valence-corrected chi connectivity index (χ4v) is 3.14. The molecule has 1 heterocycles. The summed E-state index contributed by atoms with van der Waals surface area (Å²) in [7, 11) is 0. The van der Waals surface area contributed by atoms with E-state index in [0.717, 1.165) is 25.9 Å². The molecule has 0 atom stereocenters. The van der Waals surface area contributed by atoms with Gasteiger partial charge in [0.15, 0.2) is 0 Å². The number of hydrogen-bond donors (Lipinski definition) is 1. The first kappa shape index (κ1) is 19.5. The molecule has 25 heavy (non-hydrogen) atoms. The molecule has 0 unspecified atom stereocenters. The second-order valence-corrected chi connectivity index (χ2v) is 8.55. The van der Waals surface area contributed by atoms with Crippen LogP contribution in [0.25, 0.3) is 0 Å². The normalized spacial score (nSPS) is 16.2. The lowest BCUT2D eigenvalue weighted by molar-refractivity contribution is -0.133. The summed E-state index contributed by atoms with van der Waals surface area (Å²) in [5, 5.41) is 3.12. The lowest BCUT2D eigenvalue weighted by atomic mass is 9.86. The Morgan fingerprint density at radius 3 is 2.16 bits per heavy atom. The number of benzene rings is 1. The molecule has 1 aliphatic rings. The third kappa shape index (κ3) is 5.58. The number of nitrogens with one attached hydrogen (secondary N) is 1. The Bertz CT molecular complexity index is 591.